The Kier molecular flexibility index (Phi) is 4.52. The molecule has 5 aliphatic rings. The molecule has 0 bridgehead atoms. The Morgan fingerprint density at radius 1 is 1.00 bits per heavy atom. The predicted molar refractivity (Wildman–Crippen MR) is 116 cm³/mol. The third-order valence-corrected chi connectivity index (χ3v) is 7.87. The fraction of sp³-hybridized carbons (Fsp3) is 0.583. The monoisotopic (exact) mass is 436 g/mol. The second-order valence-electron chi connectivity index (χ2n) is 10.1. The lowest BCUT2D eigenvalue weighted by atomic mass is 9.98. The summed E-state index contributed by atoms with van der Waals surface area (Å²) in [7, 11) is 0. The Bertz CT molecular complexity index is 1020. The van der Waals surface area contributed by atoms with E-state index in [1.165, 1.54) is 30.6 Å². The van der Waals surface area contributed by atoms with Crippen molar-refractivity contribution in [3.05, 3.63) is 29.3 Å². The second-order valence-corrected chi connectivity index (χ2v) is 10.1. The number of carbonyl (C=O) groups is 4. The van der Waals surface area contributed by atoms with Crippen LogP contribution in [-0.4, -0.2) is 52.2 Å². The molecule has 4 fully saturated rings. The van der Waals surface area contributed by atoms with Gasteiger partial charge in [-0.1, -0.05) is 0 Å². The van der Waals surface area contributed by atoms with Crippen molar-refractivity contribution in [1.29, 1.82) is 0 Å². The van der Waals surface area contributed by atoms with E-state index in [0.29, 0.717) is 42.1 Å². The summed E-state index contributed by atoms with van der Waals surface area (Å²) in [6, 6.07) is 5.03. The average molecular weight is 437 g/mol. The quantitative estimate of drug-likeness (QED) is 0.709. The molecule has 168 valence electrons. The number of anilines is 1. The number of hydrogen-bond acceptors (Lipinski definition) is 4. The minimum Gasteiger partial charge on any atom is -0.322 e. The molecular weight excluding hydrogens is 408 g/mol. The first-order valence-electron chi connectivity index (χ1n) is 11.8. The summed E-state index contributed by atoms with van der Waals surface area (Å²) < 4.78 is 0. The van der Waals surface area contributed by atoms with Gasteiger partial charge in [0, 0.05) is 36.8 Å². The van der Waals surface area contributed by atoms with Crippen LogP contribution in [0.4, 0.5) is 10.5 Å². The van der Waals surface area contributed by atoms with Gasteiger partial charge in [-0.05, 0) is 80.0 Å². The van der Waals surface area contributed by atoms with Gasteiger partial charge in [-0.3, -0.25) is 19.7 Å². The lowest BCUT2D eigenvalue weighted by molar-refractivity contribution is -0.136. The van der Waals surface area contributed by atoms with Crippen LogP contribution in [0.2, 0.25) is 0 Å². The molecule has 1 unspecified atom stereocenters. The molecule has 5 amide bonds. The zero-order valence-electron chi connectivity index (χ0n) is 18.0. The average Bonchev–Trinajstić information content (AvgIpc) is 3.70. The van der Waals surface area contributed by atoms with Gasteiger partial charge in [-0.2, -0.15) is 0 Å². The zero-order valence-corrected chi connectivity index (χ0v) is 18.0. The number of fused-ring (bicyclic) bond motifs is 1. The molecule has 8 nitrogen and oxygen atoms in total. The minimum absolute atomic E-state index is 0.0450. The number of nitrogens with zero attached hydrogens (tertiary/aromatic N) is 2. The first-order valence-corrected chi connectivity index (χ1v) is 11.8. The Balaban J connectivity index is 1.15. The van der Waals surface area contributed by atoms with Crippen LogP contribution in [0.15, 0.2) is 18.2 Å². The number of likely N-dealkylation sites (tertiary alicyclic amines) is 1. The molecule has 32 heavy (non-hydrogen) atoms. The van der Waals surface area contributed by atoms with E-state index in [1.54, 1.807) is 12.1 Å². The molecule has 8 heteroatoms. The molecule has 0 spiro atoms. The number of nitrogens with one attached hydrogen (secondary N) is 2. The molecule has 2 N–H and O–H groups in total. The number of benzene rings is 1. The fourth-order valence-corrected chi connectivity index (χ4v) is 5.82. The highest BCUT2D eigenvalue weighted by Crippen LogP contribution is 2.48. The van der Waals surface area contributed by atoms with Crippen LogP contribution >= 0.6 is 0 Å². The van der Waals surface area contributed by atoms with Gasteiger partial charge < -0.3 is 15.1 Å². The number of carbonyl (C=O) groups excluding carboxylic acids is 4. The van der Waals surface area contributed by atoms with E-state index in [-0.39, 0.29) is 24.3 Å². The fourth-order valence-electron chi connectivity index (χ4n) is 5.82. The number of hydrogen-bond donors (Lipinski definition) is 2. The van der Waals surface area contributed by atoms with E-state index in [9.17, 15) is 19.2 Å². The van der Waals surface area contributed by atoms with Crippen LogP contribution in [0.25, 0.3) is 0 Å². The highest BCUT2D eigenvalue weighted by Gasteiger charge is 2.47. The highest BCUT2D eigenvalue weighted by molar-refractivity contribution is 6.05. The molecule has 2 saturated carbocycles. The molecular formula is C24H28N4O4. The molecule has 3 atom stereocenters. The smallest absolute Gasteiger partial charge is 0.322 e. The molecule has 3 heterocycles. The van der Waals surface area contributed by atoms with Gasteiger partial charge in [0.2, 0.25) is 11.8 Å². The zero-order chi connectivity index (χ0) is 22.0. The van der Waals surface area contributed by atoms with Crippen molar-refractivity contribution in [3.63, 3.8) is 0 Å². The van der Waals surface area contributed by atoms with Crippen LogP contribution in [0, 0.1) is 17.8 Å². The van der Waals surface area contributed by atoms with Crippen LogP contribution < -0.4 is 10.6 Å². The number of urea groups is 1. The number of imide groups is 1. The standard InChI is InChI=1S/C24H28N4O4/c29-21-8-7-19(22(30)26-21)27-12-16-9-17(5-6-18(16)23(27)31)25-24(32)28-11-15(13-1-2-13)10-20(28)14-3-4-14/h5-6,9,13-15,19-20H,1-4,7-8,10-12H2,(H,25,32)(H,26,29,30)/t15-,19?,20-/m1/s1. The number of piperidine rings is 1. The predicted octanol–water partition coefficient (Wildman–Crippen LogP) is 2.49. The van der Waals surface area contributed by atoms with Crippen LogP contribution in [0.5, 0.6) is 0 Å². The highest BCUT2D eigenvalue weighted by atomic mass is 16.2. The summed E-state index contributed by atoms with van der Waals surface area (Å²) >= 11 is 0. The third kappa shape index (κ3) is 3.45. The van der Waals surface area contributed by atoms with Crippen molar-refractivity contribution >= 4 is 29.4 Å². The molecule has 3 aliphatic heterocycles. The van der Waals surface area contributed by atoms with Gasteiger partial charge in [0.25, 0.3) is 5.91 Å². The maximum absolute atomic E-state index is 13.1. The van der Waals surface area contributed by atoms with Crippen molar-refractivity contribution in [1.82, 2.24) is 15.1 Å². The molecule has 2 aliphatic carbocycles. The first-order chi connectivity index (χ1) is 15.5. The maximum atomic E-state index is 13.1. The molecule has 6 rings (SSSR count). The largest absolute Gasteiger partial charge is 0.322 e. The molecule has 2 saturated heterocycles. The van der Waals surface area contributed by atoms with Crippen molar-refractivity contribution in [3.8, 4) is 0 Å². The lowest BCUT2D eigenvalue weighted by Crippen LogP contribution is -2.52. The van der Waals surface area contributed by atoms with Gasteiger partial charge in [-0.25, -0.2) is 4.79 Å². The summed E-state index contributed by atoms with van der Waals surface area (Å²) in [6.45, 7) is 1.16. The number of amides is 5. The van der Waals surface area contributed by atoms with Crippen LogP contribution in [0.3, 0.4) is 0 Å². The topological polar surface area (TPSA) is 98.8 Å². The third-order valence-electron chi connectivity index (χ3n) is 7.87. The summed E-state index contributed by atoms with van der Waals surface area (Å²) in [5.41, 5.74) is 2.03. The summed E-state index contributed by atoms with van der Waals surface area (Å²) in [4.78, 5) is 53.3. The normalized spacial score (nSPS) is 29.9. The maximum Gasteiger partial charge on any atom is 0.322 e. The minimum atomic E-state index is -0.631. The van der Waals surface area contributed by atoms with Crippen molar-refractivity contribution < 1.29 is 19.2 Å². The van der Waals surface area contributed by atoms with Crippen LogP contribution in [-0.2, 0) is 16.1 Å². The van der Waals surface area contributed by atoms with E-state index in [0.717, 1.165) is 24.4 Å². The van der Waals surface area contributed by atoms with Crippen LogP contribution in [0.1, 0.15) is 60.9 Å². The Labute approximate surface area is 186 Å². The van der Waals surface area contributed by atoms with Crippen molar-refractivity contribution in [2.75, 3.05) is 11.9 Å². The number of rotatable bonds is 4. The van der Waals surface area contributed by atoms with E-state index in [1.807, 2.05) is 6.07 Å². The second kappa shape index (κ2) is 7.32. The van der Waals surface area contributed by atoms with E-state index in [2.05, 4.69) is 15.5 Å². The molecule has 0 aromatic heterocycles. The van der Waals surface area contributed by atoms with Gasteiger partial charge in [-0.15, -0.1) is 0 Å². The Morgan fingerprint density at radius 3 is 2.50 bits per heavy atom. The van der Waals surface area contributed by atoms with Gasteiger partial charge in [0.15, 0.2) is 0 Å². The molecule has 1 aromatic carbocycles. The summed E-state index contributed by atoms with van der Waals surface area (Å²) in [6.07, 6.45) is 6.78. The van der Waals surface area contributed by atoms with E-state index in [4.69, 9.17) is 0 Å². The molecule has 1 aromatic rings. The lowest BCUT2D eigenvalue weighted by Gasteiger charge is -2.29. The van der Waals surface area contributed by atoms with Gasteiger partial charge in [0.05, 0.1) is 0 Å². The van der Waals surface area contributed by atoms with E-state index < -0.39 is 11.9 Å². The van der Waals surface area contributed by atoms with Gasteiger partial charge >= 0.3 is 6.03 Å². The van der Waals surface area contributed by atoms with Crippen molar-refractivity contribution in [2.45, 2.75) is 63.6 Å². The van der Waals surface area contributed by atoms with E-state index >= 15 is 0 Å². The van der Waals surface area contributed by atoms with Gasteiger partial charge in [0.1, 0.15) is 6.04 Å². The van der Waals surface area contributed by atoms with Crippen molar-refractivity contribution in [2.24, 2.45) is 17.8 Å². The molecule has 0 radical (unpaired) electrons. The SMILES string of the molecule is O=C1CCC(N2Cc3cc(NC(=O)N4C[C@H](C5CC5)C[C@@H]4C4CC4)ccc3C2=O)C(=O)N1. The summed E-state index contributed by atoms with van der Waals surface area (Å²) in [5.74, 6) is 1.19. The first kappa shape index (κ1) is 19.8. The Morgan fingerprint density at radius 2 is 1.78 bits per heavy atom. The summed E-state index contributed by atoms with van der Waals surface area (Å²) in [5, 5.41) is 5.39. The Hall–Kier alpha value is -2.90.